The molecular formula is C12H21NS. The summed E-state index contributed by atoms with van der Waals surface area (Å²) in [6.45, 7) is 11.2. The van der Waals surface area contributed by atoms with Gasteiger partial charge in [-0.25, -0.2) is 0 Å². The molecule has 1 nitrogen and oxygen atoms in total. The molecule has 0 bridgehead atoms. The number of hydrogen-bond acceptors (Lipinski definition) is 2. The average Bonchev–Trinajstić information content (AvgIpc) is 2.30. The lowest BCUT2D eigenvalue weighted by molar-refractivity contribution is 0.291. The standard InChI is InChI=1S/C12H21NS/c1-8-7-10(14-9(8)2)11(13-6)12(3,4)5/h7,11,13H,1-6H3. The zero-order valence-corrected chi connectivity index (χ0v) is 10.9. The second-order valence-electron chi connectivity index (χ2n) is 4.98. The van der Waals surface area contributed by atoms with Gasteiger partial charge >= 0.3 is 0 Å². The van der Waals surface area contributed by atoms with Gasteiger partial charge in [0.25, 0.3) is 0 Å². The maximum absolute atomic E-state index is 3.41. The highest BCUT2D eigenvalue weighted by molar-refractivity contribution is 7.12. The van der Waals surface area contributed by atoms with Crippen molar-refractivity contribution in [3.05, 3.63) is 21.4 Å². The van der Waals surface area contributed by atoms with Crippen LogP contribution in [0.5, 0.6) is 0 Å². The molecule has 0 saturated carbocycles. The fourth-order valence-corrected chi connectivity index (χ4v) is 3.14. The molecule has 1 N–H and O–H groups in total. The predicted molar refractivity (Wildman–Crippen MR) is 65.0 cm³/mol. The Balaban J connectivity index is 3.01. The Morgan fingerprint density at radius 2 is 1.86 bits per heavy atom. The van der Waals surface area contributed by atoms with Crippen molar-refractivity contribution >= 4 is 11.3 Å². The molecular weight excluding hydrogens is 190 g/mol. The molecule has 1 rings (SSSR count). The number of thiophene rings is 1. The summed E-state index contributed by atoms with van der Waals surface area (Å²) >= 11 is 1.91. The highest BCUT2D eigenvalue weighted by atomic mass is 32.1. The SMILES string of the molecule is CNC(c1cc(C)c(C)s1)C(C)(C)C. The maximum atomic E-state index is 3.41. The Bertz CT molecular complexity index is 287. The third kappa shape index (κ3) is 2.37. The van der Waals surface area contributed by atoms with Crippen molar-refractivity contribution in [1.82, 2.24) is 5.32 Å². The lowest BCUT2D eigenvalue weighted by Crippen LogP contribution is -2.28. The maximum Gasteiger partial charge on any atom is 0.0461 e. The first kappa shape index (κ1) is 11.7. The minimum atomic E-state index is 0.276. The smallest absolute Gasteiger partial charge is 0.0461 e. The Kier molecular flexibility index (Phi) is 3.38. The van der Waals surface area contributed by atoms with Crippen LogP contribution in [0, 0.1) is 19.3 Å². The van der Waals surface area contributed by atoms with Crippen LogP contribution in [0.3, 0.4) is 0 Å². The molecule has 1 atom stereocenters. The minimum absolute atomic E-state index is 0.276. The van der Waals surface area contributed by atoms with Gasteiger partial charge in [-0.15, -0.1) is 11.3 Å². The van der Waals surface area contributed by atoms with Crippen LogP contribution in [0.25, 0.3) is 0 Å². The summed E-state index contributed by atoms with van der Waals surface area (Å²) in [4.78, 5) is 2.89. The van der Waals surface area contributed by atoms with E-state index >= 15 is 0 Å². The van der Waals surface area contributed by atoms with E-state index in [4.69, 9.17) is 0 Å². The van der Waals surface area contributed by atoms with Gasteiger partial charge in [-0.3, -0.25) is 0 Å². The molecule has 0 aliphatic rings. The fourth-order valence-electron chi connectivity index (χ4n) is 1.75. The van der Waals surface area contributed by atoms with Gasteiger partial charge in [0.05, 0.1) is 0 Å². The largest absolute Gasteiger partial charge is 0.312 e. The highest BCUT2D eigenvalue weighted by Gasteiger charge is 2.26. The Morgan fingerprint density at radius 1 is 1.29 bits per heavy atom. The number of hydrogen-bond donors (Lipinski definition) is 1. The first-order chi connectivity index (χ1) is 6.36. The molecule has 0 saturated heterocycles. The summed E-state index contributed by atoms with van der Waals surface area (Å²) in [5.74, 6) is 0. The van der Waals surface area contributed by atoms with Gasteiger partial charge in [-0.2, -0.15) is 0 Å². The van der Waals surface area contributed by atoms with Crippen molar-refractivity contribution in [2.45, 2.75) is 40.7 Å². The molecule has 0 spiro atoms. The molecule has 0 fully saturated rings. The van der Waals surface area contributed by atoms with Crippen molar-refractivity contribution in [3.8, 4) is 0 Å². The second-order valence-corrected chi connectivity index (χ2v) is 6.26. The zero-order valence-electron chi connectivity index (χ0n) is 10.1. The molecule has 1 aromatic heterocycles. The van der Waals surface area contributed by atoms with E-state index in [2.05, 4.69) is 46.0 Å². The molecule has 2 heteroatoms. The van der Waals surface area contributed by atoms with E-state index in [0.717, 1.165) is 0 Å². The van der Waals surface area contributed by atoms with Crippen LogP contribution >= 0.6 is 11.3 Å². The molecule has 0 aliphatic carbocycles. The first-order valence-corrected chi connectivity index (χ1v) is 5.92. The lowest BCUT2D eigenvalue weighted by Gasteiger charge is -2.29. The van der Waals surface area contributed by atoms with Crippen LogP contribution < -0.4 is 5.32 Å². The molecule has 80 valence electrons. The van der Waals surface area contributed by atoms with E-state index in [-0.39, 0.29) is 5.41 Å². The van der Waals surface area contributed by atoms with E-state index in [1.165, 1.54) is 15.3 Å². The van der Waals surface area contributed by atoms with Crippen molar-refractivity contribution in [3.63, 3.8) is 0 Å². The summed E-state index contributed by atoms with van der Waals surface area (Å²) in [5.41, 5.74) is 1.69. The Hall–Kier alpha value is -0.340. The van der Waals surface area contributed by atoms with Crippen LogP contribution in [0.1, 0.15) is 42.1 Å². The summed E-state index contributed by atoms with van der Waals surface area (Å²) in [7, 11) is 2.04. The van der Waals surface area contributed by atoms with Gasteiger partial charge in [0, 0.05) is 15.8 Å². The zero-order chi connectivity index (χ0) is 10.9. The van der Waals surface area contributed by atoms with Gasteiger partial charge in [-0.1, -0.05) is 20.8 Å². The second kappa shape index (κ2) is 4.03. The van der Waals surface area contributed by atoms with Crippen LogP contribution in [0.2, 0.25) is 0 Å². The molecule has 0 aromatic carbocycles. The number of aryl methyl sites for hydroxylation is 2. The Morgan fingerprint density at radius 3 is 2.14 bits per heavy atom. The van der Waals surface area contributed by atoms with E-state index in [0.29, 0.717) is 6.04 Å². The van der Waals surface area contributed by atoms with E-state index in [1.807, 2.05) is 18.4 Å². The molecule has 0 radical (unpaired) electrons. The molecule has 0 amide bonds. The third-order valence-electron chi connectivity index (χ3n) is 2.62. The highest BCUT2D eigenvalue weighted by Crippen LogP contribution is 2.37. The van der Waals surface area contributed by atoms with Gasteiger partial charge in [0.1, 0.15) is 0 Å². The normalized spacial score (nSPS) is 14.4. The van der Waals surface area contributed by atoms with Gasteiger partial charge in [0.2, 0.25) is 0 Å². The average molecular weight is 211 g/mol. The minimum Gasteiger partial charge on any atom is -0.312 e. The van der Waals surface area contributed by atoms with E-state index < -0.39 is 0 Å². The quantitative estimate of drug-likeness (QED) is 0.787. The number of rotatable bonds is 2. The predicted octanol–water partition coefficient (Wildman–Crippen LogP) is 3.67. The van der Waals surface area contributed by atoms with Crippen LogP contribution in [-0.2, 0) is 0 Å². The molecule has 0 aliphatic heterocycles. The topological polar surface area (TPSA) is 12.0 Å². The molecule has 1 aromatic rings. The molecule has 1 heterocycles. The van der Waals surface area contributed by atoms with Gasteiger partial charge in [0.15, 0.2) is 0 Å². The van der Waals surface area contributed by atoms with E-state index in [9.17, 15) is 0 Å². The summed E-state index contributed by atoms with van der Waals surface area (Å²) in [6, 6.07) is 2.77. The van der Waals surface area contributed by atoms with Gasteiger partial charge < -0.3 is 5.32 Å². The van der Waals surface area contributed by atoms with Crippen LogP contribution in [0.15, 0.2) is 6.07 Å². The monoisotopic (exact) mass is 211 g/mol. The van der Waals surface area contributed by atoms with Crippen LogP contribution in [0.4, 0.5) is 0 Å². The van der Waals surface area contributed by atoms with Gasteiger partial charge in [-0.05, 0) is 37.9 Å². The molecule has 1 unspecified atom stereocenters. The fraction of sp³-hybridized carbons (Fsp3) is 0.667. The number of nitrogens with one attached hydrogen (secondary N) is 1. The van der Waals surface area contributed by atoms with Crippen molar-refractivity contribution in [2.24, 2.45) is 5.41 Å². The summed E-state index contributed by atoms with van der Waals surface area (Å²) in [5, 5.41) is 3.41. The summed E-state index contributed by atoms with van der Waals surface area (Å²) in [6.07, 6.45) is 0. The first-order valence-electron chi connectivity index (χ1n) is 5.10. The van der Waals surface area contributed by atoms with E-state index in [1.54, 1.807) is 0 Å². The van der Waals surface area contributed by atoms with Crippen molar-refractivity contribution < 1.29 is 0 Å². The van der Waals surface area contributed by atoms with Crippen molar-refractivity contribution in [1.29, 1.82) is 0 Å². The lowest BCUT2D eigenvalue weighted by atomic mass is 9.86. The van der Waals surface area contributed by atoms with Crippen LogP contribution in [-0.4, -0.2) is 7.05 Å². The Labute approximate surface area is 91.5 Å². The van der Waals surface area contributed by atoms with Crippen molar-refractivity contribution in [2.75, 3.05) is 7.05 Å². The third-order valence-corrected chi connectivity index (χ3v) is 3.84. The summed E-state index contributed by atoms with van der Waals surface area (Å²) < 4.78 is 0. The molecule has 14 heavy (non-hydrogen) atoms.